The average molecular weight is 218 g/mol. The average Bonchev–Trinajstić information content (AvgIpc) is 2.28. The minimum absolute atomic E-state index is 0.134. The molecule has 0 aliphatic rings. The van der Waals surface area contributed by atoms with Crippen molar-refractivity contribution in [2.45, 2.75) is 6.92 Å². The summed E-state index contributed by atoms with van der Waals surface area (Å²) in [6.45, 7) is 1.66. The number of pyridine rings is 1. The van der Waals surface area contributed by atoms with E-state index in [1.165, 1.54) is 12.1 Å². The minimum atomic E-state index is 0.134. The van der Waals surface area contributed by atoms with Crippen LogP contribution in [0.3, 0.4) is 0 Å². The molecule has 0 saturated carbocycles. The number of aromatic hydroxyl groups is 2. The molecule has 1 heterocycles. The largest absolute Gasteiger partial charge is 0.508 e. The van der Waals surface area contributed by atoms with Crippen molar-refractivity contribution in [3.05, 3.63) is 48.3 Å². The highest BCUT2D eigenvalue weighted by Gasteiger charge is 1.97. The normalized spacial score (nSPS) is 9.06. The Morgan fingerprint density at radius 1 is 1.00 bits per heavy atom. The van der Waals surface area contributed by atoms with Crippen LogP contribution in [-0.4, -0.2) is 15.2 Å². The number of rotatable bonds is 0. The second-order valence-electron chi connectivity index (χ2n) is 3.20. The van der Waals surface area contributed by atoms with Crippen LogP contribution in [-0.2, 0) is 0 Å². The maximum Gasteiger partial charge on any atom is 0.122 e. The van der Waals surface area contributed by atoms with Gasteiger partial charge in [0.05, 0.1) is 0 Å². The van der Waals surface area contributed by atoms with E-state index in [1.807, 2.05) is 0 Å². The zero-order valence-corrected chi connectivity index (χ0v) is 8.96. The summed E-state index contributed by atoms with van der Waals surface area (Å²) >= 11 is 0. The molecule has 0 aliphatic carbocycles. The van der Waals surface area contributed by atoms with Crippen LogP contribution in [0.5, 0.6) is 11.5 Å². The zero-order chi connectivity index (χ0) is 12.0. The second kappa shape index (κ2) is 5.60. The number of nitrogens with zero attached hydrogens (tertiary/aromatic N) is 1. The van der Waals surface area contributed by atoms with Crippen LogP contribution < -0.4 is 5.73 Å². The van der Waals surface area contributed by atoms with Gasteiger partial charge in [-0.1, -0.05) is 6.07 Å². The fourth-order valence-corrected chi connectivity index (χ4v) is 0.975. The summed E-state index contributed by atoms with van der Waals surface area (Å²) in [6.07, 6.45) is 3.32. The van der Waals surface area contributed by atoms with Crippen LogP contribution in [0.15, 0.2) is 42.7 Å². The predicted octanol–water partition coefficient (Wildman–Crippen LogP) is 2.07. The molecule has 84 valence electrons. The molecular formula is C12H14N2O2. The van der Waals surface area contributed by atoms with Gasteiger partial charge in [0.15, 0.2) is 0 Å². The van der Waals surface area contributed by atoms with Crippen molar-refractivity contribution in [2.24, 2.45) is 0 Å². The Kier molecular flexibility index (Phi) is 4.15. The topological polar surface area (TPSA) is 79.4 Å². The van der Waals surface area contributed by atoms with Crippen molar-refractivity contribution in [3.8, 4) is 11.5 Å². The van der Waals surface area contributed by atoms with E-state index < -0.39 is 0 Å². The van der Waals surface area contributed by atoms with Crippen LogP contribution in [0.4, 0.5) is 5.69 Å². The van der Waals surface area contributed by atoms with Gasteiger partial charge in [-0.05, 0) is 31.2 Å². The Labute approximate surface area is 94.0 Å². The molecule has 0 aliphatic heterocycles. The summed E-state index contributed by atoms with van der Waals surface area (Å²) in [5.74, 6) is 0.269. The van der Waals surface area contributed by atoms with Gasteiger partial charge in [-0.2, -0.15) is 0 Å². The molecule has 0 unspecified atom stereocenters. The Bertz CT molecular complexity index is 424. The van der Waals surface area contributed by atoms with E-state index in [9.17, 15) is 0 Å². The molecule has 0 spiro atoms. The Hall–Kier alpha value is -2.23. The molecule has 4 heteroatoms. The summed E-state index contributed by atoms with van der Waals surface area (Å²) in [6, 6.07) is 8.17. The summed E-state index contributed by atoms with van der Waals surface area (Å²) in [5.41, 5.74) is 6.60. The maximum absolute atomic E-state index is 8.94. The van der Waals surface area contributed by atoms with E-state index in [0.29, 0.717) is 5.56 Å². The van der Waals surface area contributed by atoms with Crippen molar-refractivity contribution >= 4 is 5.69 Å². The van der Waals surface area contributed by atoms with Crippen LogP contribution in [0.25, 0.3) is 0 Å². The highest BCUT2D eigenvalue weighted by Crippen LogP contribution is 2.23. The third-order valence-electron chi connectivity index (χ3n) is 1.98. The third-order valence-corrected chi connectivity index (χ3v) is 1.98. The summed E-state index contributed by atoms with van der Waals surface area (Å²) in [4.78, 5) is 3.77. The van der Waals surface area contributed by atoms with Crippen molar-refractivity contribution in [2.75, 3.05) is 5.73 Å². The molecule has 2 aromatic rings. The summed E-state index contributed by atoms with van der Waals surface area (Å²) in [7, 11) is 0. The standard InChI is InChI=1S/C7H8O2.C5H6N2/c1-5-6(8)3-2-4-7(5)9;6-5-1-3-7-4-2-5/h2-4,8-9H,1H3;1-4H,(H2,6,7). The molecule has 16 heavy (non-hydrogen) atoms. The first-order valence-electron chi connectivity index (χ1n) is 4.74. The molecular weight excluding hydrogens is 204 g/mol. The Morgan fingerprint density at radius 3 is 1.81 bits per heavy atom. The molecule has 1 aromatic heterocycles. The first-order valence-corrected chi connectivity index (χ1v) is 4.74. The minimum Gasteiger partial charge on any atom is -0.508 e. The van der Waals surface area contributed by atoms with E-state index in [0.717, 1.165) is 5.69 Å². The van der Waals surface area contributed by atoms with Crippen molar-refractivity contribution in [1.82, 2.24) is 4.98 Å². The quantitative estimate of drug-likeness (QED) is 0.632. The molecule has 0 radical (unpaired) electrons. The van der Waals surface area contributed by atoms with E-state index in [2.05, 4.69) is 4.98 Å². The number of phenolic OH excluding ortho intramolecular Hbond substituents is 2. The van der Waals surface area contributed by atoms with Gasteiger partial charge in [-0.15, -0.1) is 0 Å². The van der Waals surface area contributed by atoms with Crippen LogP contribution in [0, 0.1) is 6.92 Å². The molecule has 0 fully saturated rings. The lowest BCUT2D eigenvalue weighted by Gasteiger charge is -1.98. The Balaban J connectivity index is 0.000000165. The second-order valence-corrected chi connectivity index (χ2v) is 3.20. The maximum atomic E-state index is 8.94. The van der Waals surface area contributed by atoms with Crippen molar-refractivity contribution < 1.29 is 10.2 Å². The van der Waals surface area contributed by atoms with E-state index >= 15 is 0 Å². The summed E-state index contributed by atoms with van der Waals surface area (Å²) in [5, 5.41) is 17.9. The van der Waals surface area contributed by atoms with Crippen LogP contribution >= 0.6 is 0 Å². The van der Waals surface area contributed by atoms with Gasteiger partial charge < -0.3 is 15.9 Å². The third kappa shape index (κ3) is 3.49. The molecule has 1 aromatic carbocycles. The van der Waals surface area contributed by atoms with E-state index in [-0.39, 0.29) is 11.5 Å². The zero-order valence-electron chi connectivity index (χ0n) is 8.96. The number of nitrogen functional groups attached to an aromatic ring is 1. The number of benzene rings is 1. The molecule has 4 nitrogen and oxygen atoms in total. The first-order chi connectivity index (χ1) is 7.61. The number of anilines is 1. The molecule has 0 amide bonds. The molecule has 2 rings (SSSR count). The molecule has 0 atom stereocenters. The number of nitrogens with two attached hydrogens (primary N) is 1. The fraction of sp³-hybridized carbons (Fsp3) is 0.0833. The SMILES string of the molecule is Cc1c(O)cccc1O.Nc1ccncc1. The highest BCUT2D eigenvalue weighted by atomic mass is 16.3. The predicted molar refractivity (Wildman–Crippen MR) is 63.2 cm³/mol. The number of hydrogen-bond donors (Lipinski definition) is 3. The smallest absolute Gasteiger partial charge is 0.122 e. The lowest BCUT2D eigenvalue weighted by atomic mass is 10.2. The van der Waals surface area contributed by atoms with Crippen molar-refractivity contribution in [1.29, 1.82) is 0 Å². The summed E-state index contributed by atoms with van der Waals surface area (Å²) < 4.78 is 0. The van der Waals surface area contributed by atoms with Gasteiger partial charge in [-0.3, -0.25) is 4.98 Å². The van der Waals surface area contributed by atoms with E-state index in [1.54, 1.807) is 37.5 Å². The van der Waals surface area contributed by atoms with Crippen LogP contribution in [0.1, 0.15) is 5.56 Å². The van der Waals surface area contributed by atoms with E-state index in [4.69, 9.17) is 15.9 Å². The van der Waals surface area contributed by atoms with Gasteiger partial charge >= 0.3 is 0 Å². The Morgan fingerprint density at radius 2 is 1.50 bits per heavy atom. The van der Waals surface area contributed by atoms with Gasteiger partial charge in [0.2, 0.25) is 0 Å². The number of phenols is 2. The van der Waals surface area contributed by atoms with Gasteiger partial charge in [0.25, 0.3) is 0 Å². The highest BCUT2D eigenvalue weighted by molar-refractivity contribution is 5.41. The van der Waals surface area contributed by atoms with Gasteiger partial charge in [-0.25, -0.2) is 0 Å². The molecule has 0 saturated heterocycles. The number of hydrogen-bond acceptors (Lipinski definition) is 4. The van der Waals surface area contributed by atoms with Crippen LogP contribution in [0.2, 0.25) is 0 Å². The van der Waals surface area contributed by atoms with Crippen molar-refractivity contribution in [3.63, 3.8) is 0 Å². The molecule has 0 bridgehead atoms. The van der Waals surface area contributed by atoms with Gasteiger partial charge in [0, 0.05) is 23.6 Å². The monoisotopic (exact) mass is 218 g/mol. The lowest BCUT2D eigenvalue weighted by Crippen LogP contribution is -1.81. The number of aromatic nitrogens is 1. The van der Waals surface area contributed by atoms with Gasteiger partial charge in [0.1, 0.15) is 11.5 Å². The first kappa shape index (κ1) is 11.8. The molecule has 4 N–H and O–H groups in total. The lowest BCUT2D eigenvalue weighted by molar-refractivity contribution is 0.443. The fourth-order valence-electron chi connectivity index (χ4n) is 0.975.